The number of amides is 1. The first-order chi connectivity index (χ1) is 7.59. The van der Waals surface area contributed by atoms with Crippen molar-refractivity contribution in [3.63, 3.8) is 0 Å². The summed E-state index contributed by atoms with van der Waals surface area (Å²) in [6.07, 6.45) is 0.857. The van der Waals surface area contributed by atoms with Crippen LogP contribution in [0.2, 0.25) is 0 Å². The smallest absolute Gasteiger partial charge is 0.251 e. The molecule has 0 saturated heterocycles. The van der Waals surface area contributed by atoms with Crippen LogP contribution in [-0.4, -0.2) is 17.7 Å². The molecule has 0 unspecified atom stereocenters. The molecule has 0 fully saturated rings. The quantitative estimate of drug-likeness (QED) is 0.633. The maximum absolute atomic E-state index is 11.6. The van der Waals surface area contributed by atoms with Gasteiger partial charge in [-0.15, -0.1) is 0 Å². The van der Waals surface area contributed by atoms with Crippen LogP contribution in [0.5, 0.6) is 0 Å². The van der Waals surface area contributed by atoms with Crippen LogP contribution in [0.1, 0.15) is 28.8 Å². The van der Waals surface area contributed by atoms with Gasteiger partial charge < -0.3 is 5.32 Å². The predicted molar refractivity (Wildman–Crippen MR) is 63.6 cm³/mol. The Hall–Kier alpha value is -1.35. The number of hydrogen-bond acceptors (Lipinski definition) is 2. The molecule has 3 nitrogen and oxygen atoms in total. The highest BCUT2D eigenvalue weighted by atomic mass is 35.5. The molecule has 0 heterocycles. The molecule has 16 heavy (non-hydrogen) atoms. The molecule has 0 aliphatic heterocycles. The number of rotatable bonds is 5. The summed E-state index contributed by atoms with van der Waals surface area (Å²) in [5, 5.41) is 2.36. The molecule has 86 valence electrons. The molecule has 1 aromatic rings. The van der Waals surface area contributed by atoms with Gasteiger partial charge in [0.2, 0.25) is 5.24 Å². The van der Waals surface area contributed by atoms with E-state index in [1.54, 1.807) is 6.07 Å². The van der Waals surface area contributed by atoms with Gasteiger partial charge in [-0.05, 0) is 37.1 Å². The van der Waals surface area contributed by atoms with E-state index in [2.05, 4.69) is 5.32 Å². The Morgan fingerprint density at radius 2 is 2.12 bits per heavy atom. The number of hydrogen-bond donors (Lipinski definition) is 1. The largest absolute Gasteiger partial charge is 0.352 e. The van der Waals surface area contributed by atoms with Crippen LogP contribution < -0.4 is 5.32 Å². The molecule has 0 aromatic heterocycles. The van der Waals surface area contributed by atoms with Crippen LogP contribution in [0.3, 0.4) is 0 Å². The molecule has 0 aliphatic carbocycles. The van der Waals surface area contributed by atoms with Crippen LogP contribution >= 0.6 is 11.6 Å². The van der Waals surface area contributed by atoms with E-state index in [1.807, 2.05) is 25.1 Å². The first-order valence-electron chi connectivity index (χ1n) is 5.13. The van der Waals surface area contributed by atoms with E-state index in [0.717, 1.165) is 5.56 Å². The van der Waals surface area contributed by atoms with E-state index in [1.165, 1.54) is 0 Å². The Bertz CT molecular complexity index is 390. The molecule has 0 bridgehead atoms. The van der Waals surface area contributed by atoms with Crippen molar-refractivity contribution in [2.75, 3.05) is 6.54 Å². The molecule has 0 saturated carbocycles. The Labute approximate surface area is 99.8 Å². The molecule has 0 spiro atoms. The molecule has 0 aliphatic rings. The first kappa shape index (κ1) is 12.7. The zero-order valence-electron chi connectivity index (χ0n) is 9.13. The monoisotopic (exact) mass is 239 g/mol. The number of nitrogens with one attached hydrogen (secondary N) is 1. The highest BCUT2D eigenvalue weighted by Gasteiger charge is 2.04. The van der Waals surface area contributed by atoms with Gasteiger partial charge in [0, 0.05) is 18.5 Å². The summed E-state index contributed by atoms with van der Waals surface area (Å²) in [5.74, 6) is -0.120. The third-order valence-electron chi connectivity index (χ3n) is 2.12. The minimum Gasteiger partial charge on any atom is -0.352 e. The number of halogens is 1. The highest BCUT2D eigenvalue weighted by molar-refractivity contribution is 6.63. The minimum atomic E-state index is -0.371. The lowest BCUT2D eigenvalue weighted by Crippen LogP contribution is -2.24. The van der Waals surface area contributed by atoms with E-state index in [0.29, 0.717) is 18.5 Å². The summed E-state index contributed by atoms with van der Waals surface area (Å²) in [4.78, 5) is 22.1. The maximum atomic E-state index is 11.6. The van der Waals surface area contributed by atoms with Crippen molar-refractivity contribution in [1.82, 2.24) is 5.32 Å². The van der Waals surface area contributed by atoms with Crippen LogP contribution in [0.25, 0.3) is 0 Å². The van der Waals surface area contributed by atoms with Gasteiger partial charge in [0.15, 0.2) is 0 Å². The van der Waals surface area contributed by atoms with Crippen molar-refractivity contribution < 1.29 is 9.59 Å². The standard InChI is InChI=1S/C12H14ClNO2/c1-9-4-2-5-10(8-9)12(16)14-7-3-6-11(13)15/h2,4-5,8H,3,6-7H2,1H3,(H,14,16). The third kappa shape index (κ3) is 4.45. The topological polar surface area (TPSA) is 46.2 Å². The van der Waals surface area contributed by atoms with Gasteiger partial charge in [-0.3, -0.25) is 9.59 Å². The fourth-order valence-corrected chi connectivity index (χ4v) is 1.45. The molecule has 4 heteroatoms. The van der Waals surface area contributed by atoms with Crippen LogP contribution in [0, 0.1) is 6.92 Å². The summed E-state index contributed by atoms with van der Waals surface area (Å²) in [5.41, 5.74) is 1.68. The second kappa shape index (κ2) is 6.28. The molecule has 0 radical (unpaired) electrons. The van der Waals surface area contributed by atoms with Gasteiger partial charge in [-0.2, -0.15) is 0 Å². The van der Waals surface area contributed by atoms with Gasteiger partial charge in [-0.25, -0.2) is 0 Å². The van der Waals surface area contributed by atoms with Crippen LogP contribution in [0.15, 0.2) is 24.3 Å². The second-order valence-electron chi connectivity index (χ2n) is 3.58. The minimum absolute atomic E-state index is 0.120. The highest BCUT2D eigenvalue weighted by Crippen LogP contribution is 2.03. The molecule has 0 atom stereocenters. The van der Waals surface area contributed by atoms with Crippen LogP contribution in [-0.2, 0) is 4.79 Å². The van der Waals surface area contributed by atoms with E-state index in [4.69, 9.17) is 11.6 Å². The van der Waals surface area contributed by atoms with E-state index < -0.39 is 0 Å². The molecule has 1 N–H and O–H groups in total. The lowest BCUT2D eigenvalue weighted by atomic mass is 10.1. The van der Waals surface area contributed by atoms with Gasteiger partial charge in [0.25, 0.3) is 5.91 Å². The number of carbonyl (C=O) groups is 2. The SMILES string of the molecule is Cc1cccc(C(=O)NCCCC(=O)Cl)c1. The molecular formula is C12H14ClNO2. The lowest BCUT2D eigenvalue weighted by Gasteiger charge is -2.04. The fourth-order valence-electron chi connectivity index (χ4n) is 1.32. The third-order valence-corrected chi connectivity index (χ3v) is 2.30. The van der Waals surface area contributed by atoms with E-state index >= 15 is 0 Å². The van der Waals surface area contributed by atoms with Gasteiger partial charge in [0.1, 0.15) is 0 Å². The van der Waals surface area contributed by atoms with Gasteiger partial charge >= 0.3 is 0 Å². The van der Waals surface area contributed by atoms with Crippen molar-refractivity contribution in [1.29, 1.82) is 0 Å². The number of benzene rings is 1. The predicted octanol–water partition coefficient (Wildman–Crippen LogP) is 2.27. The Morgan fingerprint density at radius 3 is 2.75 bits per heavy atom. The lowest BCUT2D eigenvalue weighted by molar-refractivity contribution is -0.111. The summed E-state index contributed by atoms with van der Waals surface area (Å²) in [6, 6.07) is 7.35. The molecule has 1 rings (SSSR count). The van der Waals surface area contributed by atoms with Crippen molar-refractivity contribution in [3.05, 3.63) is 35.4 Å². The molecule has 1 amide bonds. The van der Waals surface area contributed by atoms with Gasteiger partial charge in [0.05, 0.1) is 0 Å². The zero-order chi connectivity index (χ0) is 12.0. The first-order valence-corrected chi connectivity index (χ1v) is 5.50. The Balaban J connectivity index is 2.38. The summed E-state index contributed by atoms with van der Waals surface area (Å²) in [7, 11) is 0. The molecular weight excluding hydrogens is 226 g/mol. The average molecular weight is 240 g/mol. The Kier molecular flexibility index (Phi) is 4.99. The summed E-state index contributed by atoms with van der Waals surface area (Å²) < 4.78 is 0. The normalized spacial score (nSPS) is 9.88. The fraction of sp³-hybridized carbons (Fsp3) is 0.333. The Morgan fingerprint density at radius 1 is 1.38 bits per heavy atom. The summed E-state index contributed by atoms with van der Waals surface area (Å²) in [6.45, 7) is 2.40. The van der Waals surface area contributed by atoms with Crippen molar-refractivity contribution >= 4 is 22.8 Å². The van der Waals surface area contributed by atoms with E-state index in [9.17, 15) is 9.59 Å². The van der Waals surface area contributed by atoms with Crippen molar-refractivity contribution in [3.8, 4) is 0 Å². The average Bonchev–Trinajstić information content (AvgIpc) is 2.24. The maximum Gasteiger partial charge on any atom is 0.251 e. The van der Waals surface area contributed by atoms with Crippen molar-refractivity contribution in [2.24, 2.45) is 0 Å². The number of aryl methyl sites for hydroxylation is 1. The van der Waals surface area contributed by atoms with Gasteiger partial charge in [-0.1, -0.05) is 17.7 Å². The van der Waals surface area contributed by atoms with E-state index in [-0.39, 0.29) is 17.6 Å². The van der Waals surface area contributed by atoms with Crippen LogP contribution in [0.4, 0.5) is 0 Å². The van der Waals surface area contributed by atoms with Crippen molar-refractivity contribution in [2.45, 2.75) is 19.8 Å². The molecule has 1 aromatic carbocycles. The number of carbonyl (C=O) groups excluding carboxylic acids is 2. The zero-order valence-corrected chi connectivity index (χ0v) is 9.88. The summed E-state index contributed by atoms with van der Waals surface area (Å²) >= 11 is 5.18. The second-order valence-corrected chi connectivity index (χ2v) is 4.01.